The van der Waals surface area contributed by atoms with E-state index in [1.54, 1.807) is 38.1 Å². The van der Waals surface area contributed by atoms with Crippen LogP contribution in [0.3, 0.4) is 0 Å². The summed E-state index contributed by atoms with van der Waals surface area (Å²) in [5.74, 6) is 0.502. The van der Waals surface area contributed by atoms with E-state index in [9.17, 15) is 4.57 Å². The van der Waals surface area contributed by atoms with Crippen molar-refractivity contribution < 1.29 is 13.6 Å². The van der Waals surface area contributed by atoms with Gasteiger partial charge in [0.05, 0.1) is 6.10 Å². The van der Waals surface area contributed by atoms with Crippen LogP contribution in [0.15, 0.2) is 30.3 Å². The third-order valence-electron chi connectivity index (χ3n) is 1.51. The van der Waals surface area contributed by atoms with Crippen LogP contribution in [0.1, 0.15) is 13.8 Å². The minimum absolute atomic E-state index is 0.153. The summed E-state index contributed by atoms with van der Waals surface area (Å²) < 4.78 is 22.4. The SMILES string of the molecule is CC(C)O[P@](=O)(CCl)Oc1ccccc1. The smallest absolute Gasteiger partial charge is 0.394 e. The summed E-state index contributed by atoms with van der Waals surface area (Å²) in [6, 6.07) is 8.86. The molecule has 0 bridgehead atoms. The molecule has 0 heterocycles. The van der Waals surface area contributed by atoms with E-state index < -0.39 is 7.60 Å². The van der Waals surface area contributed by atoms with Crippen molar-refractivity contribution in [3.05, 3.63) is 30.3 Å². The van der Waals surface area contributed by atoms with Crippen molar-refractivity contribution in [2.45, 2.75) is 20.0 Å². The van der Waals surface area contributed by atoms with Crippen molar-refractivity contribution in [2.75, 3.05) is 5.62 Å². The van der Waals surface area contributed by atoms with Crippen molar-refractivity contribution in [1.29, 1.82) is 0 Å². The van der Waals surface area contributed by atoms with E-state index in [2.05, 4.69) is 0 Å². The molecule has 0 aliphatic rings. The van der Waals surface area contributed by atoms with Gasteiger partial charge in [-0.3, -0.25) is 4.52 Å². The molecule has 0 radical (unpaired) electrons. The lowest BCUT2D eigenvalue weighted by atomic mass is 10.3. The second-order valence-electron chi connectivity index (χ2n) is 3.29. The summed E-state index contributed by atoms with van der Waals surface area (Å²) in [4.78, 5) is 0. The third kappa shape index (κ3) is 4.25. The highest BCUT2D eigenvalue weighted by Crippen LogP contribution is 2.50. The highest BCUT2D eigenvalue weighted by molar-refractivity contribution is 7.56. The first kappa shape index (κ1) is 12.6. The molecule has 1 aromatic carbocycles. The maximum atomic E-state index is 12.0. The van der Waals surface area contributed by atoms with Crippen LogP contribution in [0.2, 0.25) is 0 Å². The number of rotatable bonds is 5. The lowest BCUT2D eigenvalue weighted by Gasteiger charge is -2.19. The molecule has 0 saturated carbocycles. The van der Waals surface area contributed by atoms with Gasteiger partial charge in [0.2, 0.25) is 0 Å². The fraction of sp³-hybridized carbons (Fsp3) is 0.400. The number of halogens is 1. The second kappa shape index (κ2) is 5.55. The largest absolute Gasteiger partial charge is 0.424 e. The van der Waals surface area contributed by atoms with Gasteiger partial charge in [-0.1, -0.05) is 18.2 Å². The molecule has 0 aliphatic carbocycles. The zero-order valence-corrected chi connectivity index (χ0v) is 10.4. The van der Waals surface area contributed by atoms with Crippen LogP contribution < -0.4 is 4.52 Å². The second-order valence-corrected chi connectivity index (χ2v) is 5.86. The molecule has 1 rings (SSSR count). The Labute approximate surface area is 94.9 Å². The fourth-order valence-electron chi connectivity index (χ4n) is 1.04. The van der Waals surface area contributed by atoms with Crippen LogP contribution in [0.4, 0.5) is 0 Å². The maximum Gasteiger partial charge on any atom is 0.394 e. The minimum atomic E-state index is -3.21. The molecule has 84 valence electrons. The molecule has 1 aromatic rings. The first-order valence-electron chi connectivity index (χ1n) is 4.64. The highest BCUT2D eigenvalue weighted by Gasteiger charge is 2.26. The van der Waals surface area contributed by atoms with Gasteiger partial charge in [-0.05, 0) is 26.0 Å². The molecular weight excluding hydrogens is 235 g/mol. The molecule has 5 heteroatoms. The van der Waals surface area contributed by atoms with Crippen molar-refractivity contribution in [2.24, 2.45) is 0 Å². The van der Waals surface area contributed by atoms with Gasteiger partial charge >= 0.3 is 7.60 Å². The molecule has 0 amide bonds. The van der Waals surface area contributed by atoms with Gasteiger partial charge in [0.25, 0.3) is 0 Å². The molecule has 1 atom stereocenters. The topological polar surface area (TPSA) is 35.5 Å². The number of benzene rings is 1. The Morgan fingerprint density at radius 2 is 1.93 bits per heavy atom. The van der Waals surface area contributed by atoms with Crippen LogP contribution in [0.5, 0.6) is 5.75 Å². The summed E-state index contributed by atoms with van der Waals surface area (Å²) in [5.41, 5.74) is -0.153. The van der Waals surface area contributed by atoms with Gasteiger partial charge in [-0.25, -0.2) is 4.57 Å². The Morgan fingerprint density at radius 1 is 1.33 bits per heavy atom. The minimum Gasteiger partial charge on any atom is -0.424 e. The Morgan fingerprint density at radius 3 is 2.40 bits per heavy atom. The quantitative estimate of drug-likeness (QED) is 0.586. The molecular formula is C10H14ClO3P. The van der Waals surface area contributed by atoms with Crippen molar-refractivity contribution in [3.63, 3.8) is 0 Å². The summed E-state index contributed by atoms with van der Waals surface area (Å²) in [7, 11) is -3.21. The van der Waals surface area contributed by atoms with Crippen LogP contribution in [0.25, 0.3) is 0 Å². The molecule has 3 nitrogen and oxygen atoms in total. The standard InChI is InChI=1S/C10H14ClO3P/c1-9(2)13-15(12,8-11)14-10-6-4-3-5-7-10/h3-7,9H,8H2,1-2H3/t15-/m1/s1. The molecule has 0 saturated heterocycles. The van der Waals surface area contributed by atoms with Crippen LogP contribution >= 0.6 is 19.2 Å². The predicted octanol–water partition coefficient (Wildman–Crippen LogP) is 3.88. The Hall–Kier alpha value is -0.500. The first-order valence-corrected chi connectivity index (χ1v) is 6.90. The lowest BCUT2D eigenvalue weighted by molar-refractivity contribution is 0.211. The van der Waals surface area contributed by atoms with E-state index in [4.69, 9.17) is 20.6 Å². The van der Waals surface area contributed by atoms with Gasteiger partial charge in [0, 0.05) is 0 Å². The zero-order valence-electron chi connectivity index (χ0n) is 8.72. The molecule has 15 heavy (non-hydrogen) atoms. The van der Waals surface area contributed by atoms with Gasteiger partial charge in [-0.15, -0.1) is 11.6 Å². The van der Waals surface area contributed by atoms with Crippen LogP contribution in [-0.2, 0) is 9.09 Å². The van der Waals surface area contributed by atoms with Crippen molar-refractivity contribution >= 4 is 19.2 Å². The predicted molar refractivity (Wildman–Crippen MR) is 61.6 cm³/mol. The van der Waals surface area contributed by atoms with Crippen molar-refractivity contribution in [3.8, 4) is 5.75 Å². The molecule has 0 fully saturated rings. The fourth-order valence-corrected chi connectivity index (χ4v) is 2.59. The number of para-hydroxylation sites is 1. The van der Waals surface area contributed by atoms with Gasteiger partial charge in [-0.2, -0.15) is 0 Å². The van der Waals surface area contributed by atoms with E-state index in [0.29, 0.717) is 5.75 Å². The van der Waals surface area contributed by atoms with E-state index in [0.717, 1.165) is 0 Å². The summed E-state index contributed by atoms with van der Waals surface area (Å²) in [6.45, 7) is 3.57. The summed E-state index contributed by atoms with van der Waals surface area (Å²) >= 11 is 5.59. The molecule has 0 N–H and O–H groups in total. The van der Waals surface area contributed by atoms with E-state index in [1.807, 2.05) is 6.07 Å². The zero-order chi connectivity index (χ0) is 11.3. The Bertz CT molecular complexity index is 340. The van der Waals surface area contributed by atoms with Gasteiger partial charge in [0.1, 0.15) is 11.4 Å². The van der Waals surface area contributed by atoms with E-state index >= 15 is 0 Å². The number of hydrogen-bond acceptors (Lipinski definition) is 3. The number of alkyl halides is 1. The van der Waals surface area contributed by atoms with E-state index in [-0.39, 0.29) is 11.7 Å². The summed E-state index contributed by atoms with van der Waals surface area (Å²) in [6.07, 6.45) is -0.182. The molecule has 0 aliphatic heterocycles. The lowest BCUT2D eigenvalue weighted by Crippen LogP contribution is -2.05. The van der Waals surface area contributed by atoms with Crippen molar-refractivity contribution in [1.82, 2.24) is 0 Å². The van der Waals surface area contributed by atoms with Crippen LogP contribution in [-0.4, -0.2) is 11.7 Å². The van der Waals surface area contributed by atoms with E-state index in [1.165, 1.54) is 0 Å². The third-order valence-corrected chi connectivity index (χ3v) is 3.91. The normalized spacial score (nSPS) is 14.9. The average molecular weight is 249 g/mol. The Kier molecular flexibility index (Phi) is 4.65. The number of hydrogen-bond donors (Lipinski definition) is 0. The monoisotopic (exact) mass is 248 g/mol. The maximum absolute atomic E-state index is 12.0. The molecule has 0 unspecified atom stereocenters. The molecule has 0 aromatic heterocycles. The summed E-state index contributed by atoms with van der Waals surface area (Å²) in [5, 5.41) is 0. The first-order chi connectivity index (χ1) is 7.06. The average Bonchev–Trinajstić information content (AvgIpc) is 2.18. The highest BCUT2D eigenvalue weighted by atomic mass is 35.5. The van der Waals surface area contributed by atoms with Gasteiger partial charge in [0.15, 0.2) is 0 Å². The van der Waals surface area contributed by atoms with Gasteiger partial charge < -0.3 is 4.52 Å². The van der Waals surface area contributed by atoms with Crippen LogP contribution in [0, 0.1) is 0 Å². The molecule has 0 spiro atoms. The Balaban J connectivity index is 2.73.